The molecule has 2 aliphatic carbocycles. The Morgan fingerprint density at radius 3 is 1.90 bits per heavy atom. The van der Waals surface area contributed by atoms with Gasteiger partial charge in [0.2, 0.25) is 0 Å². The van der Waals surface area contributed by atoms with Crippen LogP contribution >= 0.6 is 0 Å². The molecule has 0 aromatic heterocycles. The maximum absolute atomic E-state index is 12.5. The van der Waals surface area contributed by atoms with Crippen molar-refractivity contribution < 1.29 is 14.7 Å². The van der Waals surface area contributed by atoms with E-state index in [0.29, 0.717) is 6.42 Å². The van der Waals surface area contributed by atoms with Crippen molar-refractivity contribution in [1.82, 2.24) is 10.6 Å². The number of carboxylic acid groups (broad SMARTS) is 1. The summed E-state index contributed by atoms with van der Waals surface area (Å²) < 4.78 is 0. The van der Waals surface area contributed by atoms with E-state index in [2.05, 4.69) is 24.5 Å². The number of carbonyl (C=O) groups is 2. The fourth-order valence-corrected chi connectivity index (χ4v) is 5.98. The van der Waals surface area contributed by atoms with Crippen molar-refractivity contribution in [2.75, 3.05) is 6.54 Å². The number of rotatable bonds is 13. The Bertz CT molecular complexity index is 489. The van der Waals surface area contributed by atoms with Gasteiger partial charge in [0.25, 0.3) is 0 Å². The number of aliphatic carboxylic acids is 1. The molecular formula is C24H44N2O3. The van der Waals surface area contributed by atoms with Gasteiger partial charge in [-0.25, -0.2) is 4.79 Å². The molecule has 5 nitrogen and oxygen atoms in total. The molecule has 0 radical (unpaired) electrons. The number of hydrogen-bond donors (Lipinski definition) is 3. The Hall–Kier alpha value is -1.26. The van der Waals surface area contributed by atoms with Crippen molar-refractivity contribution in [3.63, 3.8) is 0 Å². The second-order valence-corrected chi connectivity index (χ2v) is 10.1. The van der Waals surface area contributed by atoms with Crippen molar-refractivity contribution in [2.45, 2.75) is 116 Å². The molecule has 168 valence electrons. The SMILES string of the molecule is CC1CC2CC(C)CC(NC(=O)NCCCCCCCCCCCC(=O)O)(C1)C2. The molecule has 2 saturated carbocycles. The molecule has 2 bridgehead atoms. The Labute approximate surface area is 177 Å². The number of fused-ring (bicyclic) bond motifs is 2. The third kappa shape index (κ3) is 9.39. The lowest BCUT2D eigenvalue weighted by molar-refractivity contribution is -0.137. The molecule has 5 heteroatoms. The topological polar surface area (TPSA) is 78.4 Å². The van der Waals surface area contributed by atoms with Gasteiger partial charge >= 0.3 is 12.0 Å². The number of carbonyl (C=O) groups excluding carboxylic acids is 1. The average molecular weight is 409 g/mol. The van der Waals surface area contributed by atoms with Gasteiger partial charge in [-0.15, -0.1) is 0 Å². The van der Waals surface area contributed by atoms with Gasteiger partial charge in [-0.1, -0.05) is 58.8 Å². The fourth-order valence-electron chi connectivity index (χ4n) is 5.98. The fraction of sp³-hybridized carbons (Fsp3) is 0.917. The molecule has 0 aromatic carbocycles. The maximum Gasteiger partial charge on any atom is 0.315 e. The zero-order valence-electron chi connectivity index (χ0n) is 18.8. The lowest BCUT2D eigenvalue weighted by Crippen LogP contribution is -2.58. The highest BCUT2D eigenvalue weighted by atomic mass is 16.4. The molecule has 2 rings (SSSR count). The van der Waals surface area contributed by atoms with Crippen LogP contribution in [-0.4, -0.2) is 29.2 Å². The van der Waals surface area contributed by atoms with Gasteiger partial charge in [0, 0.05) is 18.5 Å². The highest BCUT2D eigenvalue weighted by Crippen LogP contribution is 2.47. The number of urea groups is 1. The minimum atomic E-state index is -0.683. The standard InChI is InChI=1S/C24H44N2O3/c1-19-14-21-15-20(2)17-24(16-19,18-21)26-23(29)25-13-11-9-7-5-3-4-6-8-10-12-22(27)28/h19-21H,3-18H2,1-2H3,(H,27,28)(H2,25,26,29). The van der Waals surface area contributed by atoms with Gasteiger partial charge in [-0.2, -0.15) is 0 Å². The summed E-state index contributed by atoms with van der Waals surface area (Å²) in [6.45, 7) is 5.45. The van der Waals surface area contributed by atoms with Gasteiger partial charge in [0.05, 0.1) is 0 Å². The van der Waals surface area contributed by atoms with Crippen LogP contribution in [0.3, 0.4) is 0 Å². The summed E-state index contributed by atoms with van der Waals surface area (Å²) in [5, 5.41) is 15.1. The van der Waals surface area contributed by atoms with Crippen LogP contribution < -0.4 is 10.6 Å². The van der Waals surface area contributed by atoms with Crippen LogP contribution in [0.4, 0.5) is 4.79 Å². The van der Waals surface area contributed by atoms with E-state index in [0.717, 1.165) is 62.8 Å². The Kier molecular flexibility index (Phi) is 10.3. The van der Waals surface area contributed by atoms with E-state index >= 15 is 0 Å². The molecule has 0 saturated heterocycles. The molecule has 2 fully saturated rings. The van der Waals surface area contributed by atoms with Crippen LogP contribution in [0.2, 0.25) is 0 Å². The summed E-state index contributed by atoms with van der Waals surface area (Å²) in [5.74, 6) is 1.55. The van der Waals surface area contributed by atoms with E-state index in [1.807, 2.05) is 0 Å². The minimum Gasteiger partial charge on any atom is -0.481 e. The predicted molar refractivity (Wildman–Crippen MR) is 118 cm³/mol. The molecule has 29 heavy (non-hydrogen) atoms. The first-order chi connectivity index (χ1) is 13.9. The van der Waals surface area contributed by atoms with Crippen LogP contribution in [-0.2, 0) is 4.79 Å². The molecule has 0 aromatic rings. The first-order valence-corrected chi connectivity index (χ1v) is 12.2. The molecular weight excluding hydrogens is 364 g/mol. The van der Waals surface area contributed by atoms with Gasteiger partial charge < -0.3 is 15.7 Å². The second-order valence-electron chi connectivity index (χ2n) is 10.1. The summed E-state index contributed by atoms with van der Waals surface area (Å²) in [4.78, 5) is 22.9. The van der Waals surface area contributed by atoms with Crippen LogP contribution in [0.5, 0.6) is 0 Å². The van der Waals surface area contributed by atoms with E-state index < -0.39 is 5.97 Å². The number of nitrogens with one attached hydrogen (secondary N) is 2. The number of unbranched alkanes of at least 4 members (excludes halogenated alkanes) is 8. The highest BCUT2D eigenvalue weighted by Gasteiger charge is 2.44. The third-order valence-electron chi connectivity index (χ3n) is 6.86. The van der Waals surface area contributed by atoms with Crippen molar-refractivity contribution in [3.8, 4) is 0 Å². The van der Waals surface area contributed by atoms with Crippen LogP contribution in [0, 0.1) is 17.8 Å². The summed E-state index contributed by atoms with van der Waals surface area (Å²) >= 11 is 0. The zero-order chi connectivity index (χ0) is 21.1. The summed E-state index contributed by atoms with van der Waals surface area (Å²) in [6, 6.07) is 0.0355. The van der Waals surface area contributed by atoms with Gasteiger partial charge in [0.15, 0.2) is 0 Å². The molecule has 0 aliphatic heterocycles. The minimum absolute atomic E-state index is 0.0355. The van der Waals surface area contributed by atoms with E-state index in [4.69, 9.17) is 5.11 Å². The van der Waals surface area contributed by atoms with E-state index in [9.17, 15) is 9.59 Å². The van der Waals surface area contributed by atoms with E-state index in [1.165, 1.54) is 51.4 Å². The number of hydrogen-bond acceptors (Lipinski definition) is 2. The van der Waals surface area contributed by atoms with Crippen LogP contribution in [0.25, 0.3) is 0 Å². The summed E-state index contributed by atoms with van der Waals surface area (Å²) in [5.41, 5.74) is 0.0363. The monoisotopic (exact) mass is 408 g/mol. The van der Waals surface area contributed by atoms with Crippen LogP contribution in [0.15, 0.2) is 0 Å². The van der Waals surface area contributed by atoms with Crippen molar-refractivity contribution in [2.24, 2.45) is 17.8 Å². The lowest BCUT2D eigenvalue weighted by Gasteiger charge is -2.50. The lowest BCUT2D eigenvalue weighted by atomic mass is 9.61. The Morgan fingerprint density at radius 1 is 0.828 bits per heavy atom. The van der Waals surface area contributed by atoms with Gasteiger partial charge in [-0.3, -0.25) is 4.79 Å². The third-order valence-corrected chi connectivity index (χ3v) is 6.86. The highest BCUT2D eigenvalue weighted by molar-refractivity contribution is 5.74. The van der Waals surface area contributed by atoms with Crippen molar-refractivity contribution in [1.29, 1.82) is 0 Å². The molecule has 0 heterocycles. The predicted octanol–water partition coefficient (Wildman–Crippen LogP) is 5.88. The van der Waals surface area contributed by atoms with E-state index in [-0.39, 0.29) is 11.6 Å². The van der Waals surface area contributed by atoms with E-state index in [1.54, 1.807) is 0 Å². The molecule has 2 unspecified atom stereocenters. The summed E-state index contributed by atoms with van der Waals surface area (Å²) in [6.07, 6.45) is 16.5. The van der Waals surface area contributed by atoms with Gasteiger partial charge in [0.1, 0.15) is 0 Å². The normalized spacial score (nSPS) is 28.7. The number of amides is 2. The van der Waals surface area contributed by atoms with Crippen LogP contribution in [0.1, 0.15) is 110 Å². The Morgan fingerprint density at radius 2 is 1.34 bits per heavy atom. The molecule has 0 spiro atoms. The van der Waals surface area contributed by atoms with Crippen molar-refractivity contribution >= 4 is 12.0 Å². The Balaban J connectivity index is 1.47. The molecule has 3 N–H and O–H groups in total. The average Bonchev–Trinajstić information content (AvgIpc) is 2.60. The van der Waals surface area contributed by atoms with Gasteiger partial charge in [-0.05, 0) is 62.7 Å². The number of carboxylic acids is 1. The smallest absolute Gasteiger partial charge is 0.315 e. The maximum atomic E-state index is 12.5. The first-order valence-electron chi connectivity index (χ1n) is 12.2. The largest absolute Gasteiger partial charge is 0.481 e. The van der Waals surface area contributed by atoms with Crippen molar-refractivity contribution in [3.05, 3.63) is 0 Å². The molecule has 2 atom stereocenters. The zero-order valence-corrected chi connectivity index (χ0v) is 18.8. The summed E-state index contributed by atoms with van der Waals surface area (Å²) in [7, 11) is 0. The molecule has 2 amide bonds. The molecule has 2 aliphatic rings. The quantitative estimate of drug-likeness (QED) is 0.333. The first kappa shape index (κ1) is 24.0. The second kappa shape index (κ2) is 12.4.